The third kappa shape index (κ3) is 7.47. The molecule has 124 valence electrons. The smallest absolute Gasteiger partial charge is 0.410 e. The zero-order valence-electron chi connectivity index (χ0n) is 13.6. The van der Waals surface area contributed by atoms with Gasteiger partial charge in [-0.1, -0.05) is 27.5 Å². The number of ether oxygens (including phenoxy) is 1. The van der Waals surface area contributed by atoms with Crippen molar-refractivity contribution in [3.05, 3.63) is 33.3 Å². The van der Waals surface area contributed by atoms with Crippen LogP contribution in [0.2, 0.25) is 5.02 Å². The highest BCUT2D eigenvalue weighted by atomic mass is 79.9. The molecule has 0 saturated heterocycles. The van der Waals surface area contributed by atoms with Crippen LogP contribution in [0.25, 0.3) is 0 Å². The molecule has 0 aromatic heterocycles. The van der Waals surface area contributed by atoms with Crippen molar-refractivity contribution >= 4 is 33.6 Å². The number of hydrogen-bond donors (Lipinski definition) is 1. The predicted octanol–water partition coefficient (Wildman–Crippen LogP) is 4.45. The molecule has 22 heavy (non-hydrogen) atoms. The Hall–Kier alpha value is -0.780. The van der Waals surface area contributed by atoms with Crippen molar-refractivity contribution in [2.75, 3.05) is 20.1 Å². The Morgan fingerprint density at radius 1 is 1.41 bits per heavy atom. The van der Waals surface area contributed by atoms with Gasteiger partial charge in [0.1, 0.15) is 5.60 Å². The minimum absolute atomic E-state index is 0.289. The van der Waals surface area contributed by atoms with Gasteiger partial charge in [-0.3, -0.25) is 0 Å². The number of hydrogen-bond acceptors (Lipinski definition) is 3. The van der Waals surface area contributed by atoms with Crippen LogP contribution in [-0.4, -0.2) is 36.7 Å². The fourth-order valence-corrected chi connectivity index (χ4v) is 2.37. The summed E-state index contributed by atoms with van der Waals surface area (Å²) in [5.41, 5.74) is 0.595. The van der Waals surface area contributed by atoms with E-state index in [-0.39, 0.29) is 6.09 Å². The van der Waals surface area contributed by atoms with Crippen LogP contribution in [0.4, 0.5) is 4.79 Å². The molecule has 0 spiro atoms. The fourth-order valence-electron chi connectivity index (χ4n) is 1.77. The number of nitrogens with zero attached hydrogens (tertiary/aromatic N) is 1. The first-order valence-electron chi connectivity index (χ1n) is 7.28. The molecule has 4 nitrogen and oxygen atoms in total. The van der Waals surface area contributed by atoms with Gasteiger partial charge in [0.25, 0.3) is 0 Å². The van der Waals surface area contributed by atoms with Crippen LogP contribution in [0.5, 0.6) is 0 Å². The van der Waals surface area contributed by atoms with Gasteiger partial charge in [0.05, 0.1) is 0 Å². The number of nitrogens with one attached hydrogen (secondary N) is 1. The molecule has 0 atom stereocenters. The summed E-state index contributed by atoms with van der Waals surface area (Å²) in [6.07, 6.45) is 0.559. The van der Waals surface area contributed by atoms with Gasteiger partial charge >= 0.3 is 6.09 Å². The van der Waals surface area contributed by atoms with Gasteiger partial charge in [-0.2, -0.15) is 0 Å². The van der Waals surface area contributed by atoms with Crippen LogP contribution in [0.1, 0.15) is 32.8 Å². The summed E-state index contributed by atoms with van der Waals surface area (Å²) >= 11 is 9.57. The molecule has 0 aliphatic rings. The summed E-state index contributed by atoms with van der Waals surface area (Å²) in [6, 6.07) is 5.79. The first-order valence-corrected chi connectivity index (χ1v) is 8.45. The van der Waals surface area contributed by atoms with Gasteiger partial charge in [0, 0.05) is 29.6 Å². The van der Waals surface area contributed by atoms with Gasteiger partial charge in [-0.05, 0) is 57.5 Å². The lowest BCUT2D eigenvalue weighted by Crippen LogP contribution is -2.35. The topological polar surface area (TPSA) is 41.6 Å². The molecule has 1 aromatic carbocycles. The Morgan fingerprint density at radius 2 is 2.09 bits per heavy atom. The molecule has 1 rings (SSSR count). The number of carbonyl (C=O) groups excluding carboxylic acids is 1. The van der Waals surface area contributed by atoms with E-state index in [0.717, 1.165) is 28.0 Å². The molecule has 0 heterocycles. The van der Waals surface area contributed by atoms with Crippen molar-refractivity contribution in [1.29, 1.82) is 0 Å². The van der Waals surface area contributed by atoms with E-state index in [1.165, 1.54) is 0 Å². The fraction of sp³-hybridized carbons (Fsp3) is 0.562. The summed E-state index contributed by atoms with van der Waals surface area (Å²) in [5.74, 6) is 0. The molecule has 0 saturated carbocycles. The molecule has 1 aromatic rings. The van der Waals surface area contributed by atoms with Crippen molar-refractivity contribution in [2.45, 2.75) is 39.3 Å². The molecule has 0 unspecified atom stereocenters. The summed E-state index contributed by atoms with van der Waals surface area (Å²) in [7, 11) is 1.75. The Labute approximate surface area is 146 Å². The normalized spacial score (nSPS) is 11.4. The van der Waals surface area contributed by atoms with Gasteiger partial charge in [0.15, 0.2) is 0 Å². The summed E-state index contributed by atoms with van der Waals surface area (Å²) in [5, 5.41) is 4.08. The zero-order valence-corrected chi connectivity index (χ0v) is 15.9. The number of amides is 1. The van der Waals surface area contributed by atoms with Crippen LogP contribution >= 0.6 is 27.5 Å². The van der Waals surface area contributed by atoms with E-state index < -0.39 is 5.60 Å². The van der Waals surface area contributed by atoms with Crippen LogP contribution in [-0.2, 0) is 11.3 Å². The van der Waals surface area contributed by atoms with Crippen LogP contribution < -0.4 is 5.32 Å². The lowest BCUT2D eigenvalue weighted by molar-refractivity contribution is 0.0297. The Bertz CT molecular complexity index is 503. The average molecular weight is 392 g/mol. The molecule has 0 radical (unpaired) electrons. The minimum Gasteiger partial charge on any atom is -0.444 e. The van der Waals surface area contributed by atoms with Gasteiger partial charge in [-0.25, -0.2) is 4.79 Å². The van der Waals surface area contributed by atoms with E-state index in [2.05, 4.69) is 21.2 Å². The zero-order chi connectivity index (χ0) is 16.8. The monoisotopic (exact) mass is 390 g/mol. The third-order valence-electron chi connectivity index (χ3n) is 2.88. The van der Waals surface area contributed by atoms with E-state index >= 15 is 0 Å². The number of rotatable bonds is 6. The summed E-state index contributed by atoms with van der Waals surface area (Å²) in [6.45, 7) is 7.74. The Balaban J connectivity index is 2.25. The molecule has 0 fully saturated rings. The highest BCUT2D eigenvalue weighted by molar-refractivity contribution is 9.10. The SMILES string of the molecule is CN(CCCNCc1cc(Br)ccc1Cl)C(=O)OC(C)(C)C. The van der Waals surface area contributed by atoms with Crippen molar-refractivity contribution in [3.8, 4) is 0 Å². The second-order valence-corrected chi connectivity index (χ2v) is 7.49. The Kier molecular flexibility index (Phi) is 7.66. The highest BCUT2D eigenvalue weighted by Gasteiger charge is 2.18. The number of benzene rings is 1. The van der Waals surface area contributed by atoms with Crippen molar-refractivity contribution in [2.24, 2.45) is 0 Å². The van der Waals surface area contributed by atoms with E-state index in [1.54, 1.807) is 11.9 Å². The molecular weight excluding hydrogens is 368 g/mol. The van der Waals surface area contributed by atoms with Gasteiger partial charge < -0.3 is 15.0 Å². The maximum atomic E-state index is 11.8. The molecule has 0 bridgehead atoms. The van der Waals surface area contributed by atoms with E-state index in [4.69, 9.17) is 16.3 Å². The molecular formula is C16H24BrClN2O2. The molecule has 0 aliphatic carbocycles. The van der Waals surface area contributed by atoms with Crippen molar-refractivity contribution in [3.63, 3.8) is 0 Å². The quantitative estimate of drug-likeness (QED) is 0.728. The lowest BCUT2D eigenvalue weighted by atomic mass is 10.2. The van der Waals surface area contributed by atoms with Crippen molar-refractivity contribution in [1.82, 2.24) is 10.2 Å². The van der Waals surface area contributed by atoms with E-state index in [0.29, 0.717) is 13.1 Å². The van der Waals surface area contributed by atoms with E-state index in [9.17, 15) is 4.79 Å². The minimum atomic E-state index is -0.457. The molecule has 1 amide bonds. The van der Waals surface area contributed by atoms with Gasteiger partial charge in [-0.15, -0.1) is 0 Å². The lowest BCUT2D eigenvalue weighted by Gasteiger charge is -2.24. The summed E-state index contributed by atoms with van der Waals surface area (Å²) in [4.78, 5) is 13.4. The van der Waals surface area contributed by atoms with Crippen molar-refractivity contribution < 1.29 is 9.53 Å². The van der Waals surface area contributed by atoms with Crippen LogP contribution in [0.15, 0.2) is 22.7 Å². The van der Waals surface area contributed by atoms with Crippen LogP contribution in [0, 0.1) is 0 Å². The van der Waals surface area contributed by atoms with Gasteiger partial charge in [0.2, 0.25) is 0 Å². The third-order valence-corrected chi connectivity index (χ3v) is 3.74. The maximum Gasteiger partial charge on any atom is 0.410 e. The van der Waals surface area contributed by atoms with E-state index in [1.807, 2.05) is 39.0 Å². The highest BCUT2D eigenvalue weighted by Crippen LogP contribution is 2.20. The first kappa shape index (κ1) is 19.3. The first-order chi connectivity index (χ1) is 10.2. The van der Waals surface area contributed by atoms with Crippen LogP contribution in [0.3, 0.4) is 0 Å². The summed E-state index contributed by atoms with van der Waals surface area (Å²) < 4.78 is 6.31. The Morgan fingerprint density at radius 3 is 2.73 bits per heavy atom. The average Bonchev–Trinajstić information content (AvgIpc) is 2.40. The maximum absolute atomic E-state index is 11.8. The number of carbonyl (C=O) groups is 1. The standard InChI is InChI=1S/C16H24BrClN2O2/c1-16(2,3)22-15(21)20(4)9-5-8-19-11-12-10-13(17)6-7-14(12)18/h6-7,10,19H,5,8-9,11H2,1-4H3. The second kappa shape index (κ2) is 8.75. The molecule has 6 heteroatoms. The number of halogens is 2. The predicted molar refractivity (Wildman–Crippen MR) is 94.3 cm³/mol. The largest absolute Gasteiger partial charge is 0.444 e. The second-order valence-electron chi connectivity index (χ2n) is 6.17. The molecule has 1 N–H and O–H groups in total. The molecule has 0 aliphatic heterocycles.